The number of nitrogens with zero attached hydrogens (tertiary/aromatic N) is 4. The van der Waals surface area contributed by atoms with Crippen molar-refractivity contribution in [2.75, 3.05) is 4.90 Å². The minimum atomic E-state index is -0.214. The predicted octanol–water partition coefficient (Wildman–Crippen LogP) is 12.2. The van der Waals surface area contributed by atoms with Crippen molar-refractivity contribution in [3.63, 3.8) is 0 Å². The van der Waals surface area contributed by atoms with Crippen LogP contribution in [0.15, 0.2) is 170 Å². The number of para-hydroxylation sites is 2. The van der Waals surface area contributed by atoms with Crippen LogP contribution in [0, 0.1) is 0 Å². The predicted molar refractivity (Wildman–Crippen MR) is 212 cm³/mol. The average molecular weight is 655 g/mol. The smallest absolute Gasteiger partial charge is 0.159 e. The van der Waals surface area contributed by atoms with Crippen LogP contribution in [0.3, 0.4) is 0 Å². The van der Waals surface area contributed by atoms with E-state index < -0.39 is 0 Å². The molecule has 2 aromatic heterocycles. The number of benzene rings is 7. The summed E-state index contributed by atoms with van der Waals surface area (Å²) in [6.07, 6.45) is 3.57. The molecule has 2 heterocycles. The Bertz CT molecular complexity index is 2720. The van der Waals surface area contributed by atoms with Gasteiger partial charge < -0.3 is 9.47 Å². The largest absolute Gasteiger partial charge is 0.310 e. The van der Waals surface area contributed by atoms with Crippen LogP contribution in [0.5, 0.6) is 0 Å². The summed E-state index contributed by atoms with van der Waals surface area (Å²) in [6, 6.07) is 57.1. The van der Waals surface area contributed by atoms with Crippen LogP contribution in [-0.4, -0.2) is 14.5 Å². The standard InChI is InChI=1S/C47H34N4/c1-47(2)41-29-34(50(43-18-9-12-31-11-3-4-13-36(31)43)33-21-19-32(20-22-33)46-48-27-10-28-49-46)23-25-37(41)38-26-24-35(30-42(38)47)51-44-16-7-5-14-39(44)40-15-6-8-17-45(40)51/h3-30H,1-2H3. The number of hydrogen-bond donors (Lipinski definition) is 0. The van der Waals surface area contributed by atoms with Crippen LogP contribution < -0.4 is 4.90 Å². The Labute approximate surface area is 296 Å². The van der Waals surface area contributed by atoms with Gasteiger partial charge in [-0.15, -0.1) is 0 Å². The molecule has 51 heavy (non-hydrogen) atoms. The van der Waals surface area contributed by atoms with Gasteiger partial charge in [0.25, 0.3) is 0 Å². The van der Waals surface area contributed by atoms with E-state index in [-0.39, 0.29) is 5.41 Å². The number of anilines is 3. The molecule has 0 bridgehead atoms. The van der Waals surface area contributed by atoms with Gasteiger partial charge in [-0.25, -0.2) is 9.97 Å². The zero-order valence-corrected chi connectivity index (χ0v) is 28.5. The van der Waals surface area contributed by atoms with Gasteiger partial charge in [0.2, 0.25) is 0 Å². The number of rotatable bonds is 5. The van der Waals surface area contributed by atoms with E-state index >= 15 is 0 Å². The molecular formula is C47H34N4. The molecule has 7 aromatic carbocycles. The van der Waals surface area contributed by atoms with E-state index in [0.29, 0.717) is 0 Å². The fraction of sp³-hybridized carbons (Fsp3) is 0.0638. The van der Waals surface area contributed by atoms with Crippen molar-refractivity contribution in [3.8, 4) is 28.2 Å². The summed E-state index contributed by atoms with van der Waals surface area (Å²) in [5, 5.41) is 4.97. The van der Waals surface area contributed by atoms with Gasteiger partial charge in [-0.2, -0.15) is 0 Å². The van der Waals surface area contributed by atoms with Crippen LogP contribution in [-0.2, 0) is 5.41 Å². The molecule has 1 aliphatic rings. The monoisotopic (exact) mass is 654 g/mol. The van der Waals surface area contributed by atoms with Crippen LogP contribution in [0.2, 0.25) is 0 Å². The van der Waals surface area contributed by atoms with Gasteiger partial charge in [0, 0.05) is 56.6 Å². The summed E-state index contributed by atoms with van der Waals surface area (Å²) < 4.78 is 2.42. The first-order valence-corrected chi connectivity index (χ1v) is 17.5. The zero-order chi connectivity index (χ0) is 34.1. The zero-order valence-electron chi connectivity index (χ0n) is 28.5. The molecule has 0 radical (unpaired) electrons. The first-order chi connectivity index (χ1) is 25.1. The Balaban J connectivity index is 1.12. The van der Waals surface area contributed by atoms with Crippen molar-refractivity contribution in [2.45, 2.75) is 19.3 Å². The third-order valence-electron chi connectivity index (χ3n) is 10.7. The summed E-state index contributed by atoms with van der Waals surface area (Å²) in [7, 11) is 0. The highest BCUT2D eigenvalue weighted by Gasteiger charge is 2.36. The van der Waals surface area contributed by atoms with Crippen LogP contribution in [0.1, 0.15) is 25.0 Å². The fourth-order valence-electron chi connectivity index (χ4n) is 8.23. The van der Waals surface area contributed by atoms with Crippen molar-refractivity contribution < 1.29 is 0 Å². The highest BCUT2D eigenvalue weighted by atomic mass is 15.1. The summed E-state index contributed by atoms with van der Waals surface area (Å²) in [6.45, 7) is 4.74. The Hall–Kier alpha value is -6.52. The van der Waals surface area contributed by atoms with Gasteiger partial charge in [-0.3, -0.25) is 0 Å². The second-order valence-corrected chi connectivity index (χ2v) is 13.9. The molecule has 10 rings (SSSR count). The highest BCUT2D eigenvalue weighted by Crippen LogP contribution is 2.52. The molecule has 0 N–H and O–H groups in total. The lowest BCUT2D eigenvalue weighted by atomic mass is 9.82. The van der Waals surface area contributed by atoms with E-state index in [4.69, 9.17) is 0 Å². The van der Waals surface area contributed by atoms with Crippen LogP contribution in [0.4, 0.5) is 17.1 Å². The molecule has 4 nitrogen and oxygen atoms in total. The summed E-state index contributed by atoms with van der Waals surface area (Å²) >= 11 is 0. The number of fused-ring (bicyclic) bond motifs is 7. The molecular weight excluding hydrogens is 621 g/mol. The van der Waals surface area contributed by atoms with Gasteiger partial charge in [0.05, 0.1) is 16.7 Å². The maximum atomic E-state index is 4.48. The molecule has 0 unspecified atom stereocenters. The van der Waals surface area contributed by atoms with Crippen molar-refractivity contribution in [1.82, 2.24) is 14.5 Å². The second-order valence-electron chi connectivity index (χ2n) is 13.9. The van der Waals surface area contributed by atoms with Gasteiger partial charge in [0.15, 0.2) is 5.82 Å². The van der Waals surface area contributed by atoms with Crippen molar-refractivity contribution in [1.29, 1.82) is 0 Å². The van der Waals surface area contributed by atoms with Crippen LogP contribution >= 0.6 is 0 Å². The first kappa shape index (κ1) is 29.4. The van der Waals surface area contributed by atoms with E-state index in [1.54, 1.807) is 12.4 Å². The molecule has 0 fully saturated rings. The Morgan fingerprint density at radius 1 is 0.510 bits per heavy atom. The minimum absolute atomic E-state index is 0.214. The van der Waals surface area contributed by atoms with Crippen molar-refractivity contribution >= 4 is 49.6 Å². The molecule has 0 atom stereocenters. The molecule has 0 spiro atoms. The number of hydrogen-bond acceptors (Lipinski definition) is 3. The van der Waals surface area contributed by atoms with E-state index in [9.17, 15) is 0 Å². The summed E-state index contributed by atoms with van der Waals surface area (Å²) in [5.41, 5.74) is 13.0. The summed E-state index contributed by atoms with van der Waals surface area (Å²) in [5.74, 6) is 0.720. The average Bonchev–Trinajstić information content (AvgIpc) is 3.64. The molecule has 0 amide bonds. The third-order valence-corrected chi connectivity index (χ3v) is 10.7. The first-order valence-electron chi connectivity index (χ1n) is 17.5. The lowest BCUT2D eigenvalue weighted by molar-refractivity contribution is 0.660. The molecule has 1 aliphatic carbocycles. The molecule has 242 valence electrons. The maximum Gasteiger partial charge on any atom is 0.159 e. The minimum Gasteiger partial charge on any atom is -0.310 e. The lowest BCUT2D eigenvalue weighted by Crippen LogP contribution is -2.17. The SMILES string of the molecule is CC1(C)c2cc(N(c3ccc(-c4ncccn4)cc3)c3cccc4ccccc34)ccc2-c2ccc(-n3c4ccccc4c4ccccc43)cc21. The Morgan fingerprint density at radius 3 is 1.82 bits per heavy atom. The van der Waals surface area contributed by atoms with Crippen LogP contribution in [0.25, 0.3) is 60.8 Å². The Morgan fingerprint density at radius 2 is 1.10 bits per heavy atom. The molecule has 0 saturated carbocycles. The third kappa shape index (κ3) is 4.53. The van der Waals surface area contributed by atoms with Gasteiger partial charge in [0.1, 0.15) is 0 Å². The quantitative estimate of drug-likeness (QED) is 0.185. The topological polar surface area (TPSA) is 34.0 Å². The normalized spacial score (nSPS) is 13.1. The van der Waals surface area contributed by atoms with Gasteiger partial charge in [-0.05, 0) is 100 Å². The van der Waals surface area contributed by atoms with E-state index in [1.165, 1.54) is 60.5 Å². The fourth-order valence-corrected chi connectivity index (χ4v) is 8.23. The van der Waals surface area contributed by atoms with Gasteiger partial charge in [-0.1, -0.05) is 98.8 Å². The van der Waals surface area contributed by atoms with E-state index in [2.05, 4.69) is 185 Å². The summed E-state index contributed by atoms with van der Waals surface area (Å²) in [4.78, 5) is 11.4. The Kier molecular flexibility index (Phi) is 6.49. The number of aromatic nitrogens is 3. The molecule has 0 aliphatic heterocycles. The maximum absolute atomic E-state index is 4.48. The van der Waals surface area contributed by atoms with Crippen molar-refractivity contribution in [3.05, 3.63) is 181 Å². The lowest BCUT2D eigenvalue weighted by Gasteiger charge is -2.29. The van der Waals surface area contributed by atoms with Crippen molar-refractivity contribution in [2.24, 2.45) is 0 Å². The van der Waals surface area contributed by atoms with E-state index in [1.807, 2.05) is 6.07 Å². The molecule has 4 heteroatoms. The highest BCUT2D eigenvalue weighted by molar-refractivity contribution is 6.09. The molecule has 9 aromatic rings. The second kappa shape index (κ2) is 11.3. The molecule has 0 saturated heterocycles. The van der Waals surface area contributed by atoms with Gasteiger partial charge >= 0.3 is 0 Å². The van der Waals surface area contributed by atoms with E-state index in [0.717, 1.165) is 28.5 Å².